The number of carbonyl (C=O) groups excluding carboxylic acids is 1. The molecule has 0 spiro atoms. The number of hydrogen-bond acceptors (Lipinski definition) is 4. The molecule has 172 valence electrons. The fraction of sp³-hybridized carbons (Fsp3) is 0.214. The first-order chi connectivity index (χ1) is 16.6. The number of ether oxygens (including phenoxy) is 1. The van der Waals surface area contributed by atoms with Crippen LogP contribution in [0.5, 0.6) is 11.5 Å². The van der Waals surface area contributed by atoms with Gasteiger partial charge in [-0.2, -0.15) is 5.10 Å². The summed E-state index contributed by atoms with van der Waals surface area (Å²) >= 11 is 5.95. The van der Waals surface area contributed by atoms with Crippen molar-refractivity contribution < 1.29 is 9.53 Å². The number of carbonyl (C=O) groups is 1. The molecule has 34 heavy (non-hydrogen) atoms. The zero-order valence-electron chi connectivity index (χ0n) is 18.9. The number of nitrogens with one attached hydrogen (secondary N) is 1. The molecule has 4 aromatic rings. The summed E-state index contributed by atoms with van der Waals surface area (Å²) in [6.45, 7) is 2.15. The second kappa shape index (κ2) is 9.74. The number of halogens is 1. The topological polar surface area (TPSA) is 56.1 Å². The minimum atomic E-state index is 0.0821. The Kier molecular flexibility index (Phi) is 6.37. The molecule has 1 aliphatic heterocycles. The molecule has 1 aromatic heterocycles. The van der Waals surface area contributed by atoms with E-state index in [1.54, 1.807) is 18.3 Å². The van der Waals surface area contributed by atoms with E-state index in [1.807, 2.05) is 59.3 Å². The van der Waals surface area contributed by atoms with E-state index < -0.39 is 0 Å². The normalized spacial score (nSPS) is 17.0. The predicted molar refractivity (Wildman–Crippen MR) is 135 cm³/mol. The molecule has 1 N–H and O–H groups in total. The Morgan fingerprint density at radius 3 is 2.65 bits per heavy atom. The van der Waals surface area contributed by atoms with Crippen LogP contribution < -0.4 is 10.1 Å². The maximum atomic E-state index is 13.2. The third kappa shape index (κ3) is 4.85. The molecule has 0 radical (unpaired) electrons. The number of fused-ring (bicyclic) bond motifs is 1. The molecular weight excluding hydrogens is 446 g/mol. The molecule has 5 rings (SSSR count). The summed E-state index contributed by atoms with van der Waals surface area (Å²) in [7, 11) is 0. The summed E-state index contributed by atoms with van der Waals surface area (Å²) in [6.07, 6.45) is 3.65. The minimum Gasteiger partial charge on any atom is -0.457 e. The number of hydrogen-bond donors (Lipinski definition) is 1. The highest BCUT2D eigenvalue weighted by Gasteiger charge is 2.29. The molecule has 0 aliphatic carbocycles. The number of aromatic nitrogens is 2. The van der Waals surface area contributed by atoms with E-state index in [-0.39, 0.29) is 17.9 Å². The van der Waals surface area contributed by atoms with E-state index in [2.05, 4.69) is 29.5 Å². The van der Waals surface area contributed by atoms with E-state index in [9.17, 15) is 4.79 Å². The summed E-state index contributed by atoms with van der Waals surface area (Å²) in [6, 6.07) is 25.8. The lowest BCUT2D eigenvalue weighted by Crippen LogP contribution is -2.26. The summed E-state index contributed by atoms with van der Waals surface area (Å²) in [5.74, 6) is 2.35. The molecule has 0 saturated heterocycles. The summed E-state index contributed by atoms with van der Waals surface area (Å²) in [5.41, 5.74) is 2.92. The number of rotatable bonds is 7. The SMILES string of the molecule is CC1CC(c2ccccc2)Nc2c(C(=O)CCc3cccc(Oc4ccc(Cl)cc4)c3)cnn21. The third-order valence-electron chi connectivity index (χ3n) is 6.19. The molecule has 5 nitrogen and oxygen atoms in total. The lowest BCUT2D eigenvalue weighted by Gasteiger charge is -2.31. The first-order valence-electron chi connectivity index (χ1n) is 11.5. The van der Waals surface area contributed by atoms with Gasteiger partial charge in [-0.1, -0.05) is 54.1 Å². The van der Waals surface area contributed by atoms with Crippen molar-refractivity contribution in [2.45, 2.75) is 38.3 Å². The first kappa shape index (κ1) is 22.2. The van der Waals surface area contributed by atoms with Crippen molar-refractivity contribution in [3.05, 3.63) is 107 Å². The van der Waals surface area contributed by atoms with Crippen LogP contribution in [0.25, 0.3) is 0 Å². The van der Waals surface area contributed by atoms with Crippen LogP contribution in [0.3, 0.4) is 0 Å². The van der Waals surface area contributed by atoms with Crippen LogP contribution in [-0.2, 0) is 6.42 Å². The van der Waals surface area contributed by atoms with Gasteiger partial charge in [0.25, 0.3) is 0 Å². The number of aryl methyl sites for hydroxylation is 1. The largest absolute Gasteiger partial charge is 0.457 e. The first-order valence-corrected chi connectivity index (χ1v) is 11.9. The quantitative estimate of drug-likeness (QED) is 0.288. The average molecular weight is 472 g/mol. The van der Waals surface area contributed by atoms with Gasteiger partial charge in [-0.3, -0.25) is 4.79 Å². The Hall–Kier alpha value is -3.57. The van der Waals surface area contributed by atoms with Crippen molar-refractivity contribution in [3.63, 3.8) is 0 Å². The van der Waals surface area contributed by atoms with Gasteiger partial charge in [0.2, 0.25) is 0 Å². The van der Waals surface area contributed by atoms with Crippen LogP contribution in [0, 0.1) is 0 Å². The number of benzene rings is 3. The summed E-state index contributed by atoms with van der Waals surface area (Å²) in [4.78, 5) is 13.2. The Bertz CT molecular complexity index is 1280. The molecule has 2 unspecified atom stereocenters. The van der Waals surface area contributed by atoms with Crippen molar-refractivity contribution in [2.75, 3.05) is 5.32 Å². The average Bonchev–Trinajstić information content (AvgIpc) is 3.30. The van der Waals surface area contributed by atoms with Gasteiger partial charge >= 0.3 is 0 Å². The number of ketones is 1. The molecule has 0 amide bonds. The Labute approximate surface area is 204 Å². The highest BCUT2D eigenvalue weighted by molar-refractivity contribution is 6.30. The Balaban J connectivity index is 1.27. The van der Waals surface area contributed by atoms with Gasteiger partial charge in [0.1, 0.15) is 17.3 Å². The molecule has 0 saturated carbocycles. The zero-order chi connectivity index (χ0) is 23.5. The van der Waals surface area contributed by atoms with Gasteiger partial charge in [-0.15, -0.1) is 0 Å². The predicted octanol–water partition coefficient (Wildman–Crippen LogP) is 7.26. The Morgan fingerprint density at radius 1 is 1.06 bits per heavy atom. The van der Waals surface area contributed by atoms with E-state index in [0.29, 0.717) is 23.4 Å². The molecule has 2 atom stereocenters. The van der Waals surface area contributed by atoms with E-state index >= 15 is 0 Å². The van der Waals surface area contributed by atoms with E-state index in [1.165, 1.54) is 5.56 Å². The number of Topliss-reactive ketones (excluding diaryl/α,β-unsaturated/α-hetero) is 1. The van der Waals surface area contributed by atoms with Crippen molar-refractivity contribution in [1.29, 1.82) is 0 Å². The Morgan fingerprint density at radius 2 is 1.85 bits per heavy atom. The second-order valence-corrected chi connectivity index (χ2v) is 9.11. The van der Waals surface area contributed by atoms with Crippen LogP contribution in [0.15, 0.2) is 85.1 Å². The summed E-state index contributed by atoms with van der Waals surface area (Å²) in [5, 5.41) is 8.74. The fourth-order valence-corrected chi connectivity index (χ4v) is 4.54. The molecular formula is C28H26ClN3O2. The third-order valence-corrected chi connectivity index (χ3v) is 6.44. The summed E-state index contributed by atoms with van der Waals surface area (Å²) < 4.78 is 7.86. The maximum absolute atomic E-state index is 13.2. The molecule has 3 aromatic carbocycles. The molecule has 2 heterocycles. The lowest BCUT2D eigenvalue weighted by molar-refractivity contribution is 0.0983. The van der Waals surface area contributed by atoms with Gasteiger partial charge in [-0.25, -0.2) is 4.68 Å². The smallest absolute Gasteiger partial charge is 0.168 e. The molecule has 0 bridgehead atoms. The minimum absolute atomic E-state index is 0.0821. The van der Waals surface area contributed by atoms with Crippen LogP contribution in [0.1, 0.15) is 53.3 Å². The molecule has 1 aliphatic rings. The van der Waals surface area contributed by atoms with Crippen LogP contribution >= 0.6 is 11.6 Å². The van der Waals surface area contributed by atoms with Crippen molar-refractivity contribution in [2.24, 2.45) is 0 Å². The van der Waals surface area contributed by atoms with E-state index in [4.69, 9.17) is 16.3 Å². The lowest BCUT2D eigenvalue weighted by atomic mass is 9.97. The fourth-order valence-electron chi connectivity index (χ4n) is 4.41. The van der Waals surface area contributed by atoms with Crippen LogP contribution in [-0.4, -0.2) is 15.6 Å². The van der Waals surface area contributed by atoms with Crippen LogP contribution in [0.2, 0.25) is 5.02 Å². The van der Waals surface area contributed by atoms with Gasteiger partial charge in [0.05, 0.1) is 23.8 Å². The second-order valence-electron chi connectivity index (χ2n) is 8.67. The van der Waals surface area contributed by atoms with Gasteiger partial charge in [-0.05, 0) is 67.3 Å². The van der Waals surface area contributed by atoms with Crippen molar-refractivity contribution in [3.8, 4) is 11.5 Å². The van der Waals surface area contributed by atoms with Crippen molar-refractivity contribution in [1.82, 2.24) is 9.78 Å². The molecule has 0 fully saturated rings. The maximum Gasteiger partial charge on any atom is 0.168 e. The van der Waals surface area contributed by atoms with Crippen molar-refractivity contribution >= 4 is 23.2 Å². The van der Waals surface area contributed by atoms with E-state index in [0.717, 1.165) is 29.3 Å². The number of nitrogens with zero attached hydrogens (tertiary/aromatic N) is 2. The number of anilines is 1. The van der Waals surface area contributed by atoms with Crippen LogP contribution in [0.4, 0.5) is 5.82 Å². The van der Waals surface area contributed by atoms with Gasteiger partial charge in [0, 0.05) is 11.4 Å². The monoisotopic (exact) mass is 471 g/mol. The highest BCUT2D eigenvalue weighted by atomic mass is 35.5. The highest BCUT2D eigenvalue weighted by Crippen LogP contribution is 2.36. The molecule has 6 heteroatoms. The van der Waals surface area contributed by atoms with Gasteiger partial charge < -0.3 is 10.1 Å². The van der Waals surface area contributed by atoms with Gasteiger partial charge in [0.15, 0.2) is 5.78 Å². The zero-order valence-corrected chi connectivity index (χ0v) is 19.7. The standard InChI is InChI=1S/C28H26ClN3O2/c1-19-16-26(21-7-3-2-4-8-21)31-28-25(18-30-32(19)28)27(33)15-10-20-6-5-9-24(17-20)34-23-13-11-22(29)12-14-23/h2-9,11-14,17-19,26,31H,10,15-16H2,1H3.